The highest BCUT2D eigenvalue weighted by atomic mass is 32.1. The number of piperidine rings is 1. The highest BCUT2D eigenvalue weighted by molar-refractivity contribution is 7.17. The van der Waals surface area contributed by atoms with E-state index in [0.717, 1.165) is 18.2 Å². The molecule has 2 atom stereocenters. The Morgan fingerprint density at radius 2 is 2.11 bits per heavy atom. The zero-order valence-corrected chi connectivity index (χ0v) is 12.4. The summed E-state index contributed by atoms with van der Waals surface area (Å²) >= 11 is 1.25. The number of nitrogens with zero attached hydrogens (tertiary/aromatic N) is 2. The number of rotatable bonds is 4. The Bertz CT molecular complexity index is 451. The minimum Gasteiger partial charge on any atom is -0.477 e. The third kappa shape index (κ3) is 3.25. The molecule has 1 aliphatic heterocycles. The normalized spacial score (nSPS) is 23.6. The molecule has 1 aromatic rings. The first-order chi connectivity index (χ1) is 9.01. The van der Waals surface area contributed by atoms with E-state index in [1.165, 1.54) is 17.8 Å². The average molecular weight is 284 g/mol. The van der Waals surface area contributed by atoms with Gasteiger partial charge in [-0.15, -0.1) is 0 Å². The molecule has 2 unspecified atom stereocenters. The van der Waals surface area contributed by atoms with Crippen LogP contribution in [0.15, 0.2) is 0 Å². The van der Waals surface area contributed by atoms with Crippen LogP contribution in [0.25, 0.3) is 0 Å². The average Bonchev–Trinajstić information content (AvgIpc) is 2.72. The lowest BCUT2D eigenvalue weighted by atomic mass is 9.92. The fourth-order valence-corrected chi connectivity index (χ4v) is 3.62. The second-order valence-electron chi connectivity index (χ2n) is 5.36. The molecule has 0 saturated carbocycles. The van der Waals surface area contributed by atoms with Crippen LogP contribution in [0.2, 0.25) is 0 Å². The molecule has 0 spiro atoms. The molecule has 2 rings (SSSR count). The fourth-order valence-electron chi connectivity index (χ4n) is 2.70. The van der Waals surface area contributed by atoms with Gasteiger partial charge >= 0.3 is 5.97 Å². The van der Waals surface area contributed by atoms with Crippen LogP contribution in [-0.4, -0.2) is 36.3 Å². The summed E-state index contributed by atoms with van der Waals surface area (Å²) in [5.74, 6) is 0.313. The van der Waals surface area contributed by atoms with Crippen molar-refractivity contribution in [2.75, 3.05) is 25.1 Å². The van der Waals surface area contributed by atoms with Crippen molar-refractivity contribution in [1.29, 1.82) is 0 Å². The van der Waals surface area contributed by atoms with Crippen molar-refractivity contribution in [2.45, 2.75) is 26.9 Å². The van der Waals surface area contributed by atoms with Gasteiger partial charge in [-0.2, -0.15) is 0 Å². The number of thiazole rings is 1. The van der Waals surface area contributed by atoms with Crippen LogP contribution in [0.4, 0.5) is 5.13 Å². The summed E-state index contributed by atoms with van der Waals surface area (Å²) in [7, 11) is 1.55. The van der Waals surface area contributed by atoms with Gasteiger partial charge < -0.3 is 14.7 Å². The highest BCUT2D eigenvalue weighted by Crippen LogP contribution is 2.31. The molecular weight excluding hydrogens is 264 g/mol. The third-order valence-electron chi connectivity index (χ3n) is 3.30. The zero-order valence-electron chi connectivity index (χ0n) is 11.5. The van der Waals surface area contributed by atoms with E-state index < -0.39 is 5.97 Å². The molecule has 19 heavy (non-hydrogen) atoms. The first-order valence-corrected chi connectivity index (χ1v) is 7.29. The molecule has 0 amide bonds. The van der Waals surface area contributed by atoms with Gasteiger partial charge in [0.1, 0.15) is 4.88 Å². The van der Waals surface area contributed by atoms with Gasteiger partial charge in [-0.25, -0.2) is 9.78 Å². The topological polar surface area (TPSA) is 62.7 Å². The van der Waals surface area contributed by atoms with Crippen LogP contribution >= 0.6 is 11.3 Å². The lowest BCUT2D eigenvalue weighted by molar-refractivity contribution is 0.0697. The largest absolute Gasteiger partial charge is 0.477 e. The summed E-state index contributed by atoms with van der Waals surface area (Å²) in [5.41, 5.74) is 0.529. The number of aromatic carboxylic acids is 1. The molecule has 1 saturated heterocycles. The molecule has 0 radical (unpaired) electrons. The molecule has 1 N–H and O–H groups in total. The molecular formula is C13H20N2O3S. The molecule has 5 nitrogen and oxygen atoms in total. The second kappa shape index (κ2) is 5.88. The quantitative estimate of drug-likeness (QED) is 0.920. The van der Waals surface area contributed by atoms with Gasteiger partial charge in [-0.1, -0.05) is 25.2 Å². The van der Waals surface area contributed by atoms with E-state index in [1.54, 1.807) is 7.11 Å². The fraction of sp³-hybridized carbons (Fsp3) is 0.692. The number of ether oxygens (including phenoxy) is 1. The molecule has 1 aromatic heterocycles. The second-order valence-corrected chi connectivity index (χ2v) is 6.34. The molecule has 0 bridgehead atoms. The number of hydrogen-bond donors (Lipinski definition) is 1. The Balaban J connectivity index is 2.24. The van der Waals surface area contributed by atoms with E-state index >= 15 is 0 Å². The van der Waals surface area contributed by atoms with Crippen LogP contribution in [-0.2, 0) is 11.3 Å². The van der Waals surface area contributed by atoms with Gasteiger partial charge in [0, 0.05) is 20.2 Å². The molecule has 106 valence electrons. The number of carbonyl (C=O) groups is 1. The van der Waals surface area contributed by atoms with Gasteiger partial charge in [-0.05, 0) is 18.3 Å². The summed E-state index contributed by atoms with van der Waals surface area (Å²) in [6.07, 6.45) is 1.22. The van der Waals surface area contributed by atoms with Gasteiger partial charge in [0.15, 0.2) is 5.13 Å². The van der Waals surface area contributed by atoms with Gasteiger partial charge in [0.05, 0.1) is 12.3 Å². The smallest absolute Gasteiger partial charge is 0.347 e. The maximum atomic E-state index is 11.2. The van der Waals surface area contributed by atoms with Crippen molar-refractivity contribution >= 4 is 22.4 Å². The van der Waals surface area contributed by atoms with E-state index in [0.29, 0.717) is 22.4 Å². The number of aromatic nitrogens is 1. The minimum absolute atomic E-state index is 0.247. The minimum atomic E-state index is -0.922. The Hall–Kier alpha value is -1.14. The number of carboxylic acids is 1. The van der Waals surface area contributed by atoms with Gasteiger partial charge in [-0.3, -0.25) is 0 Å². The molecule has 0 aromatic carbocycles. The van der Waals surface area contributed by atoms with E-state index in [1.807, 2.05) is 0 Å². The van der Waals surface area contributed by atoms with Crippen molar-refractivity contribution in [2.24, 2.45) is 11.8 Å². The predicted molar refractivity (Wildman–Crippen MR) is 74.9 cm³/mol. The van der Waals surface area contributed by atoms with Crippen molar-refractivity contribution in [3.63, 3.8) is 0 Å². The van der Waals surface area contributed by atoms with Crippen molar-refractivity contribution < 1.29 is 14.6 Å². The monoisotopic (exact) mass is 284 g/mol. The Kier molecular flexibility index (Phi) is 4.42. The van der Waals surface area contributed by atoms with Gasteiger partial charge in [0.2, 0.25) is 0 Å². The summed E-state index contributed by atoms with van der Waals surface area (Å²) in [5, 5.41) is 10.0. The molecule has 1 aliphatic rings. The lowest BCUT2D eigenvalue weighted by Gasteiger charge is -2.34. The van der Waals surface area contributed by atoms with Crippen LogP contribution in [0, 0.1) is 11.8 Å². The Morgan fingerprint density at radius 1 is 1.47 bits per heavy atom. The number of anilines is 1. The third-order valence-corrected chi connectivity index (χ3v) is 4.45. The maximum absolute atomic E-state index is 11.2. The van der Waals surface area contributed by atoms with E-state index in [4.69, 9.17) is 4.74 Å². The summed E-state index contributed by atoms with van der Waals surface area (Å²) < 4.78 is 5.02. The van der Waals surface area contributed by atoms with Crippen LogP contribution < -0.4 is 4.90 Å². The number of hydrogen-bond acceptors (Lipinski definition) is 5. The van der Waals surface area contributed by atoms with Crippen molar-refractivity contribution in [3.05, 3.63) is 10.6 Å². The Labute approximate surface area is 117 Å². The van der Waals surface area contributed by atoms with Crippen molar-refractivity contribution in [1.82, 2.24) is 4.98 Å². The molecule has 2 heterocycles. The molecule has 6 heteroatoms. The maximum Gasteiger partial charge on any atom is 0.347 e. The Morgan fingerprint density at radius 3 is 2.63 bits per heavy atom. The van der Waals surface area contributed by atoms with Crippen molar-refractivity contribution in [3.8, 4) is 0 Å². The van der Waals surface area contributed by atoms with E-state index in [9.17, 15) is 9.90 Å². The standard InChI is InChI=1S/C13H20N2O3S/c1-8-4-9(2)6-15(5-8)13-14-10(7-18-3)11(19-13)12(16)17/h8-9H,4-7H2,1-3H3,(H,16,17). The van der Waals surface area contributed by atoms with Crippen LogP contribution in [0.5, 0.6) is 0 Å². The lowest BCUT2D eigenvalue weighted by Crippen LogP contribution is -2.38. The molecule has 0 aliphatic carbocycles. The van der Waals surface area contributed by atoms with E-state index in [-0.39, 0.29) is 6.61 Å². The zero-order chi connectivity index (χ0) is 14.0. The van der Waals surface area contributed by atoms with E-state index in [2.05, 4.69) is 23.7 Å². The SMILES string of the molecule is COCc1nc(N2CC(C)CC(C)C2)sc1C(=O)O. The summed E-state index contributed by atoms with van der Waals surface area (Å²) in [6, 6.07) is 0. The first-order valence-electron chi connectivity index (χ1n) is 6.48. The molecule has 1 fully saturated rings. The summed E-state index contributed by atoms with van der Waals surface area (Å²) in [4.78, 5) is 18.2. The number of carboxylic acid groups (broad SMARTS) is 1. The van der Waals surface area contributed by atoms with Crippen LogP contribution in [0.3, 0.4) is 0 Å². The van der Waals surface area contributed by atoms with Gasteiger partial charge in [0.25, 0.3) is 0 Å². The summed E-state index contributed by atoms with van der Waals surface area (Å²) in [6.45, 7) is 6.60. The highest BCUT2D eigenvalue weighted by Gasteiger charge is 2.26. The van der Waals surface area contributed by atoms with Crippen LogP contribution in [0.1, 0.15) is 35.6 Å². The number of methoxy groups -OCH3 is 1. The predicted octanol–water partition coefficient (Wildman–Crippen LogP) is 2.47. The first kappa shape index (κ1) is 14.3.